The van der Waals surface area contributed by atoms with Crippen molar-refractivity contribution in [1.29, 1.82) is 0 Å². The van der Waals surface area contributed by atoms with E-state index in [1.165, 1.54) is 30.3 Å². The Labute approximate surface area is 113 Å². The van der Waals surface area contributed by atoms with E-state index in [-0.39, 0.29) is 22.1 Å². The Hall–Kier alpha value is -2.34. The van der Waals surface area contributed by atoms with Gasteiger partial charge < -0.3 is 11.1 Å². The monoisotopic (exact) mass is 281 g/mol. The molecule has 0 atom stereocenters. The van der Waals surface area contributed by atoms with E-state index in [1.54, 1.807) is 6.07 Å². The number of halogens is 2. The van der Waals surface area contributed by atoms with Crippen LogP contribution in [0.1, 0.15) is 0 Å². The fourth-order valence-corrected chi connectivity index (χ4v) is 1.70. The van der Waals surface area contributed by atoms with Gasteiger partial charge in [-0.05, 0) is 18.2 Å². The smallest absolute Gasteiger partial charge is 0.271 e. The molecule has 5 nitrogen and oxygen atoms in total. The Morgan fingerprint density at radius 1 is 1.26 bits per heavy atom. The van der Waals surface area contributed by atoms with Gasteiger partial charge in [-0.2, -0.15) is 0 Å². The molecule has 0 radical (unpaired) electrons. The number of nitrogens with two attached hydrogens (primary N) is 1. The van der Waals surface area contributed by atoms with Crippen molar-refractivity contribution < 1.29 is 9.31 Å². The maximum atomic E-state index is 13.7. The summed E-state index contributed by atoms with van der Waals surface area (Å²) >= 11 is 5.65. The number of anilines is 3. The minimum absolute atomic E-state index is 0.0227. The molecule has 7 heteroatoms. The van der Waals surface area contributed by atoms with Gasteiger partial charge in [0.1, 0.15) is 0 Å². The third kappa shape index (κ3) is 2.74. The Balaban J connectivity index is 2.34. The van der Waals surface area contributed by atoms with Crippen LogP contribution < -0.4 is 11.1 Å². The molecule has 0 fully saturated rings. The second kappa shape index (κ2) is 5.11. The second-order valence-corrected chi connectivity index (χ2v) is 4.16. The molecule has 2 aromatic rings. The maximum Gasteiger partial charge on any atom is 0.271 e. The first-order valence-electron chi connectivity index (χ1n) is 5.24. The lowest BCUT2D eigenvalue weighted by atomic mass is 10.2. The molecule has 2 rings (SSSR count). The van der Waals surface area contributed by atoms with Gasteiger partial charge in [0, 0.05) is 12.1 Å². The molecule has 0 unspecified atom stereocenters. The van der Waals surface area contributed by atoms with E-state index in [2.05, 4.69) is 5.32 Å². The fourth-order valence-electron chi connectivity index (χ4n) is 1.52. The highest BCUT2D eigenvalue weighted by Crippen LogP contribution is 2.30. The van der Waals surface area contributed by atoms with Crippen molar-refractivity contribution in [1.82, 2.24) is 0 Å². The third-order valence-corrected chi connectivity index (χ3v) is 2.76. The molecule has 0 aliphatic rings. The van der Waals surface area contributed by atoms with Crippen LogP contribution in [0.25, 0.3) is 0 Å². The van der Waals surface area contributed by atoms with Gasteiger partial charge in [0.15, 0.2) is 5.82 Å². The summed E-state index contributed by atoms with van der Waals surface area (Å²) in [5, 5.41) is 13.3. The molecule has 0 bridgehead atoms. The number of nitrogens with zero attached hydrogens (tertiary/aromatic N) is 1. The van der Waals surface area contributed by atoms with Crippen LogP contribution in [-0.2, 0) is 0 Å². The number of nitro benzene ring substituents is 1. The third-order valence-electron chi connectivity index (χ3n) is 2.47. The quantitative estimate of drug-likeness (QED) is 0.510. The van der Waals surface area contributed by atoms with E-state index in [1.807, 2.05) is 0 Å². The Morgan fingerprint density at radius 3 is 2.63 bits per heavy atom. The van der Waals surface area contributed by atoms with Crippen LogP contribution in [0.4, 0.5) is 27.1 Å². The van der Waals surface area contributed by atoms with Crippen molar-refractivity contribution >= 4 is 34.4 Å². The SMILES string of the molecule is Nc1cc([N+](=O)[O-])ccc1Nc1cccc(Cl)c1F. The first kappa shape index (κ1) is 13.1. The van der Waals surface area contributed by atoms with E-state index in [0.717, 1.165) is 0 Å². The van der Waals surface area contributed by atoms with Crippen LogP contribution in [0.5, 0.6) is 0 Å². The normalized spacial score (nSPS) is 10.2. The van der Waals surface area contributed by atoms with Gasteiger partial charge in [0.2, 0.25) is 0 Å². The standard InChI is InChI=1S/C12H9ClFN3O2/c13-8-2-1-3-11(12(8)14)16-10-5-4-7(17(18)19)6-9(10)15/h1-6,16H,15H2. The first-order chi connectivity index (χ1) is 8.99. The van der Waals surface area contributed by atoms with Gasteiger partial charge in [-0.3, -0.25) is 10.1 Å². The number of nitrogens with one attached hydrogen (secondary N) is 1. The van der Waals surface area contributed by atoms with E-state index >= 15 is 0 Å². The van der Waals surface area contributed by atoms with Gasteiger partial charge in [-0.15, -0.1) is 0 Å². The molecule has 0 aliphatic heterocycles. The summed E-state index contributed by atoms with van der Waals surface area (Å²) in [6, 6.07) is 8.37. The van der Waals surface area contributed by atoms with Crippen LogP contribution >= 0.6 is 11.6 Å². The number of nitro groups is 1. The molecule has 0 saturated heterocycles. The molecule has 19 heavy (non-hydrogen) atoms. The number of rotatable bonds is 3. The van der Waals surface area contributed by atoms with Gasteiger partial charge in [-0.25, -0.2) is 4.39 Å². The highest BCUT2D eigenvalue weighted by atomic mass is 35.5. The molecule has 0 aliphatic carbocycles. The van der Waals surface area contributed by atoms with Crippen LogP contribution in [0.15, 0.2) is 36.4 Å². The summed E-state index contributed by atoms with van der Waals surface area (Å²) in [7, 11) is 0. The van der Waals surface area contributed by atoms with Gasteiger partial charge >= 0.3 is 0 Å². The molecule has 98 valence electrons. The lowest BCUT2D eigenvalue weighted by Crippen LogP contribution is -1.99. The number of nitrogen functional groups attached to an aromatic ring is 1. The van der Waals surface area contributed by atoms with Crippen molar-refractivity contribution in [3.8, 4) is 0 Å². The van der Waals surface area contributed by atoms with Crippen molar-refractivity contribution in [2.75, 3.05) is 11.1 Å². The van der Waals surface area contributed by atoms with Crippen molar-refractivity contribution in [2.24, 2.45) is 0 Å². The Morgan fingerprint density at radius 2 is 2.00 bits per heavy atom. The lowest BCUT2D eigenvalue weighted by Gasteiger charge is -2.10. The van der Waals surface area contributed by atoms with E-state index < -0.39 is 10.7 Å². The zero-order chi connectivity index (χ0) is 14.0. The highest BCUT2D eigenvalue weighted by molar-refractivity contribution is 6.31. The fraction of sp³-hybridized carbons (Fsp3) is 0. The summed E-state index contributed by atoms with van der Waals surface area (Å²) in [6.45, 7) is 0. The van der Waals surface area contributed by atoms with E-state index in [9.17, 15) is 14.5 Å². The topological polar surface area (TPSA) is 81.2 Å². The first-order valence-corrected chi connectivity index (χ1v) is 5.62. The molecule has 2 aromatic carbocycles. The number of hydrogen-bond donors (Lipinski definition) is 2. The predicted octanol–water partition coefficient (Wildman–Crippen LogP) is 3.71. The summed E-state index contributed by atoms with van der Waals surface area (Å²) in [5.74, 6) is -0.609. The van der Waals surface area contributed by atoms with Crippen molar-refractivity contribution in [3.05, 3.63) is 57.4 Å². The second-order valence-electron chi connectivity index (χ2n) is 3.76. The number of non-ortho nitro benzene ring substituents is 1. The number of hydrogen-bond acceptors (Lipinski definition) is 4. The summed E-state index contributed by atoms with van der Waals surface area (Å²) in [5.41, 5.74) is 6.20. The molecule has 0 aromatic heterocycles. The Kier molecular flexibility index (Phi) is 3.52. The molecular formula is C12H9ClFN3O2. The largest absolute Gasteiger partial charge is 0.397 e. The summed E-state index contributed by atoms with van der Waals surface area (Å²) < 4.78 is 13.7. The maximum absolute atomic E-state index is 13.7. The zero-order valence-electron chi connectivity index (χ0n) is 9.56. The molecule has 3 N–H and O–H groups in total. The molecule has 0 saturated carbocycles. The van der Waals surface area contributed by atoms with Crippen LogP contribution in [-0.4, -0.2) is 4.92 Å². The average molecular weight is 282 g/mol. The van der Waals surface area contributed by atoms with E-state index in [4.69, 9.17) is 17.3 Å². The summed E-state index contributed by atoms with van der Waals surface area (Å²) in [4.78, 5) is 10.0. The lowest BCUT2D eigenvalue weighted by molar-refractivity contribution is -0.384. The van der Waals surface area contributed by atoms with Crippen LogP contribution in [0, 0.1) is 15.9 Å². The van der Waals surface area contributed by atoms with Crippen LogP contribution in [0.3, 0.4) is 0 Å². The van der Waals surface area contributed by atoms with Crippen molar-refractivity contribution in [3.63, 3.8) is 0 Å². The van der Waals surface area contributed by atoms with Gasteiger partial charge in [0.05, 0.1) is 27.0 Å². The minimum Gasteiger partial charge on any atom is -0.397 e. The Bertz CT molecular complexity index is 649. The molecule has 0 heterocycles. The minimum atomic E-state index is -0.609. The van der Waals surface area contributed by atoms with E-state index in [0.29, 0.717) is 5.69 Å². The van der Waals surface area contributed by atoms with Crippen molar-refractivity contribution in [2.45, 2.75) is 0 Å². The number of benzene rings is 2. The highest BCUT2D eigenvalue weighted by Gasteiger charge is 2.11. The van der Waals surface area contributed by atoms with Gasteiger partial charge in [-0.1, -0.05) is 17.7 Å². The predicted molar refractivity (Wildman–Crippen MR) is 72.2 cm³/mol. The molecule has 0 amide bonds. The van der Waals surface area contributed by atoms with Gasteiger partial charge in [0.25, 0.3) is 5.69 Å². The molecular weight excluding hydrogens is 273 g/mol. The zero-order valence-corrected chi connectivity index (χ0v) is 10.3. The van der Waals surface area contributed by atoms with Crippen LogP contribution in [0.2, 0.25) is 5.02 Å². The average Bonchev–Trinajstić information content (AvgIpc) is 2.37. The summed E-state index contributed by atoms with van der Waals surface area (Å²) in [6.07, 6.45) is 0. The molecule has 0 spiro atoms.